The smallest absolute Gasteiger partial charge is 0.353 e. The van der Waals surface area contributed by atoms with Crippen LogP contribution in [0.1, 0.15) is 53.7 Å². The number of fused-ring (bicyclic) bond motifs is 1. The maximum absolute atomic E-state index is 13.0. The van der Waals surface area contributed by atoms with E-state index in [2.05, 4.69) is 5.16 Å². The molecule has 0 amide bonds. The molecule has 0 bridgehead atoms. The molecule has 28 heavy (non-hydrogen) atoms. The molecule has 3 rings (SSSR count). The zero-order valence-corrected chi connectivity index (χ0v) is 17.2. The molecule has 6 heteroatoms. The summed E-state index contributed by atoms with van der Waals surface area (Å²) in [7, 11) is 0. The van der Waals surface area contributed by atoms with E-state index >= 15 is 0 Å². The summed E-state index contributed by atoms with van der Waals surface area (Å²) in [4.78, 5) is 35.6. The van der Waals surface area contributed by atoms with Gasteiger partial charge in [-0.2, -0.15) is 0 Å². The lowest BCUT2D eigenvalue weighted by molar-refractivity contribution is -0.159. The summed E-state index contributed by atoms with van der Waals surface area (Å²) in [5, 5.41) is 5.01. The molecule has 1 aliphatic heterocycles. The first-order valence-electron chi connectivity index (χ1n) is 9.32. The number of hydrogen-bond donors (Lipinski definition) is 0. The molecule has 2 aromatic rings. The van der Waals surface area contributed by atoms with Gasteiger partial charge in [0.1, 0.15) is 5.60 Å². The molecule has 6 nitrogen and oxygen atoms in total. The van der Waals surface area contributed by atoms with E-state index in [1.54, 1.807) is 26.8 Å². The average Bonchev–Trinajstić information content (AvgIpc) is 2.90. The molecule has 1 aromatic heterocycles. The Hall–Kier alpha value is -2.76. The number of ether oxygens (including phenoxy) is 1. The molecule has 1 aliphatic rings. The van der Waals surface area contributed by atoms with E-state index in [1.807, 2.05) is 51.1 Å². The first-order valence-corrected chi connectivity index (χ1v) is 9.32. The van der Waals surface area contributed by atoms with Gasteiger partial charge in [0.25, 0.3) is 0 Å². The lowest BCUT2D eigenvalue weighted by Gasteiger charge is -2.32. The summed E-state index contributed by atoms with van der Waals surface area (Å²) in [6, 6.07) is 11.3. The van der Waals surface area contributed by atoms with Crippen molar-refractivity contribution in [1.82, 2.24) is 4.98 Å². The molecule has 0 spiro atoms. The van der Waals surface area contributed by atoms with Crippen LogP contribution in [0.25, 0.3) is 10.9 Å². The summed E-state index contributed by atoms with van der Waals surface area (Å²) >= 11 is 0. The van der Waals surface area contributed by atoms with Crippen LogP contribution in [0.2, 0.25) is 0 Å². The number of rotatable bonds is 3. The molecule has 0 aliphatic carbocycles. The van der Waals surface area contributed by atoms with Crippen molar-refractivity contribution in [3.8, 4) is 0 Å². The highest BCUT2D eigenvalue weighted by atomic mass is 16.7. The zero-order chi connectivity index (χ0) is 20.7. The van der Waals surface area contributed by atoms with Crippen LogP contribution in [-0.2, 0) is 24.6 Å². The van der Waals surface area contributed by atoms with Gasteiger partial charge in [0.05, 0.1) is 23.3 Å². The van der Waals surface area contributed by atoms with Crippen molar-refractivity contribution in [2.45, 2.75) is 59.0 Å². The maximum atomic E-state index is 13.0. The summed E-state index contributed by atoms with van der Waals surface area (Å²) < 4.78 is 5.51. The number of pyridine rings is 1. The van der Waals surface area contributed by atoms with Gasteiger partial charge in [-0.15, -0.1) is 0 Å². The highest BCUT2D eigenvalue weighted by molar-refractivity contribution is 6.18. The van der Waals surface area contributed by atoms with E-state index in [-0.39, 0.29) is 6.42 Å². The van der Waals surface area contributed by atoms with Crippen molar-refractivity contribution < 1.29 is 19.2 Å². The molecular formula is C22H26N2O4. The standard InChI is InChI=1S/C22H26N2O4/c1-20(2,3)18-22(19(26)28-24-18,13-17(25)27-21(4,5)6)16-12-11-14-9-7-8-10-15(14)23-16/h7-12H,13H2,1-6H3. The van der Waals surface area contributed by atoms with E-state index in [0.29, 0.717) is 11.4 Å². The second kappa shape index (κ2) is 6.69. The number of hydrogen-bond acceptors (Lipinski definition) is 6. The first kappa shape index (κ1) is 20.0. The third kappa shape index (κ3) is 3.63. The Bertz CT molecular complexity index is 966. The van der Waals surface area contributed by atoms with Crippen LogP contribution in [0.4, 0.5) is 0 Å². The fourth-order valence-corrected chi connectivity index (χ4v) is 3.49. The van der Waals surface area contributed by atoms with Crippen LogP contribution in [0.15, 0.2) is 41.6 Å². The molecule has 148 valence electrons. The van der Waals surface area contributed by atoms with Crippen molar-refractivity contribution in [1.29, 1.82) is 0 Å². The predicted octanol–water partition coefficient (Wildman–Crippen LogP) is 4.16. The molecular weight excluding hydrogens is 356 g/mol. The van der Waals surface area contributed by atoms with Crippen molar-refractivity contribution >= 4 is 28.6 Å². The van der Waals surface area contributed by atoms with Gasteiger partial charge >= 0.3 is 11.9 Å². The van der Waals surface area contributed by atoms with Crippen LogP contribution >= 0.6 is 0 Å². The van der Waals surface area contributed by atoms with Gasteiger partial charge in [-0.1, -0.05) is 50.2 Å². The lowest BCUT2D eigenvalue weighted by atomic mass is 9.68. The van der Waals surface area contributed by atoms with Gasteiger partial charge in [0.2, 0.25) is 0 Å². The number of carbonyl (C=O) groups is 2. The maximum Gasteiger partial charge on any atom is 0.353 e. The van der Waals surface area contributed by atoms with Crippen molar-refractivity contribution in [2.75, 3.05) is 0 Å². The Morgan fingerprint density at radius 3 is 2.39 bits per heavy atom. The Morgan fingerprint density at radius 2 is 1.75 bits per heavy atom. The number of carbonyl (C=O) groups excluding carboxylic acids is 2. The number of benzene rings is 1. The summed E-state index contributed by atoms with van der Waals surface area (Å²) in [5.41, 5.74) is -0.952. The van der Waals surface area contributed by atoms with Gasteiger partial charge in [-0.25, -0.2) is 4.79 Å². The van der Waals surface area contributed by atoms with Crippen molar-refractivity contribution in [2.24, 2.45) is 10.6 Å². The van der Waals surface area contributed by atoms with Crippen LogP contribution in [-0.4, -0.2) is 28.2 Å². The number of esters is 1. The van der Waals surface area contributed by atoms with Crippen LogP contribution in [0.3, 0.4) is 0 Å². The predicted molar refractivity (Wildman–Crippen MR) is 107 cm³/mol. The van der Waals surface area contributed by atoms with Gasteiger partial charge in [-0.05, 0) is 32.9 Å². The van der Waals surface area contributed by atoms with Gasteiger partial charge < -0.3 is 9.57 Å². The average molecular weight is 382 g/mol. The summed E-state index contributed by atoms with van der Waals surface area (Å²) in [6.07, 6.45) is -0.218. The van der Waals surface area contributed by atoms with Crippen LogP contribution < -0.4 is 0 Å². The normalized spacial score (nSPS) is 20.1. The van der Waals surface area contributed by atoms with E-state index in [4.69, 9.17) is 14.6 Å². The van der Waals surface area contributed by atoms with E-state index < -0.39 is 28.4 Å². The van der Waals surface area contributed by atoms with Crippen LogP contribution in [0, 0.1) is 5.41 Å². The van der Waals surface area contributed by atoms with E-state index in [9.17, 15) is 9.59 Å². The molecule has 1 unspecified atom stereocenters. The minimum absolute atomic E-state index is 0.218. The first-order chi connectivity index (χ1) is 12.9. The second-order valence-electron chi connectivity index (χ2n) is 9.13. The van der Waals surface area contributed by atoms with Gasteiger partial charge in [0, 0.05) is 10.8 Å². The largest absolute Gasteiger partial charge is 0.460 e. The fraction of sp³-hybridized carbons (Fsp3) is 0.455. The second-order valence-corrected chi connectivity index (χ2v) is 9.13. The summed E-state index contributed by atoms with van der Waals surface area (Å²) in [5.74, 6) is -1.11. The molecule has 0 fully saturated rings. The molecule has 0 N–H and O–H groups in total. The third-order valence-electron chi connectivity index (χ3n) is 4.55. The van der Waals surface area contributed by atoms with Crippen molar-refractivity contribution in [3.05, 3.63) is 42.1 Å². The van der Waals surface area contributed by atoms with Gasteiger partial charge in [0.15, 0.2) is 5.41 Å². The third-order valence-corrected chi connectivity index (χ3v) is 4.55. The SMILES string of the molecule is CC(C)(C)OC(=O)CC1(c2ccc3ccccc3n2)C(=O)ON=C1C(C)(C)C. The van der Waals surface area contributed by atoms with E-state index in [1.165, 1.54) is 0 Å². The number of nitrogens with zero attached hydrogens (tertiary/aromatic N) is 2. The fourth-order valence-electron chi connectivity index (χ4n) is 3.49. The Balaban J connectivity index is 2.17. The topological polar surface area (TPSA) is 77.8 Å². The molecule has 2 heterocycles. The van der Waals surface area contributed by atoms with E-state index in [0.717, 1.165) is 10.9 Å². The lowest BCUT2D eigenvalue weighted by Crippen LogP contribution is -2.48. The Morgan fingerprint density at radius 1 is 1.07 bits per heavy atom. The molecule has 0 radical (unpaired) electrons. The number of aromatic nitrogens is 1. The minimum Gasteiger partial charge on any atom is -0.460 e. The molecule has 1 atom stereocenters. The number of para-hydroxylation sites is 1. The summed E-state index contributed by atoms with van der Waals surface area (Å²) in [6.45, 7) is 11.2. The Kier molecular flexibility index (Phi) is 4.77. The van der Waals surface area contributed by atoms with Crippen molar-refractivity contribution in [3.63, 3.8) is 0 Å². The zero-order valence-electron chi connectivity index (χ0n) is 17.2. The monoisotopic (exact) mass is 382 g/mol. The van der Waals surface area contributed by atoms with Gasteiger partial charge in [-0.3, -0.25) is 9.78 Å². The molecule has 1 aromatic carbocycles. The Labute approximate surface area is 164 Å². The quantitative estimate of drug-likeness (QED) is 0.588. The van der Waals surface area contributed by atoms with Crippen LogP contribution in [0.5, 0.6) is 0 Å². The number of oxime groups is 1. The minimum atomic E-state index is -1.41. The molecule has 0 saturated heterocycles. The molecule has 0 saturated carbocycles. The highest BCUT2D eigenvalue weighted by Crippen LogP contribution is 2.42. The highest BCUT2D eigenvalue weighted by Gasteiger charge is 2.57.